The summed E-state index contributed by atoms with van der Waals surface area (Å²) in [5.41, 5.74) is 1.05. The van der Waals surface area contributed by atoms with E-state index in [1.165, 1.54) is 24.3 Å². The molecular weight excluding hydrogens is 539 g/mol. The van der Waals surface area contributed by atoms with E-state index in [-0.39, 0.29) is 36.0 Å². The van der Waals surface area contributed by atoms with E-state index in [1.54, 1.807) is 30.0 Å². The standard InChI is InChI=1S/C26H21BrF3N3O3/c1-15-5-6-16(24(35)31-20-4-2-3-18(13-20)26(28,29)30)11-22(15)32-25(36)17-12-23(34)33(14-17)21-9-7-19(27)8-10-21/h2-11,13,17H,12,14H2,1H3,(H,31,35)(H,32,36). The summed E-state index contributed by atoms with van der Waals surface area (Å²) in [7, 11) is 0. The topological polar surface area (TPSA) is 78.5 Å². The Labute approximate surface area is 213 Å². The summed E-state index contributed by atoms with van der Waals surface area (Å²) in [6.45, 7) is 1.97. The third-order valence-corrected chi connectivity index (χ3v) is 6.37. The normalized spacial score (nSPS) is 15.6. The van der Waals surface area contributed by atoms with Gasteiger partial charge in [-0.25, -0.2) is 0 Å². The number of carbonyl (C=O) groups excluding carboxylic acids is 3. The van der Waals surface area contributed by atoms with Gasteiger partial charge in [0, 0.05) is 40.1 Å². The smallest absolute Gasteiger partial charge is 0.326 e. The van der Waals surface area contributed by atoms with Crippen LogP contribution in [-0.4, -0.2) is 24.3 Å². The summed E-state index contributed by atoms with van der Waals surface area (Å²) in [6.07, 6.45) is -4.48. The predicted octanol–water partition coefficient (Wildman–Crippen LogP) is 6.02. The van der Waals surface area contributed by atoms with Crippen molar-refractivity contribution in [3.63, 3.8) is 0 Å². The zero-order valence-electron chi connectivity index (χ0n) is 19.0. The molecule has 3 aromatic rings. The Morgan fingerprint density at radius 1 is 1.00 bits per heavy atom. The van der Waals surface area contributed by atoms with Gasteiger partial charge in [-0.3, -0.25) is 14.4 Å². The molecule has 1 aliphatic rings. The molecular formula is C26H21BrF3N3O3. The van der Waals surface area contributed by atoms with Crippen LogP contribution < -0.4 is 15.5 Å². The second-order valence-corrected chi connectivity index (χ2v) is 9.35. The van der Waals surface area contributed by atoms with Crippen LogP contribution in [0.4, 0.5) is 30.2 Å². The van der Waals surface area contributed by atoms with Crippen LogP contribution in [0.25, 0.3) is 0 Å². The van der Waals surface area contributed by atoms with Crippen LogP contribution in [0, 0.1) is 12.8 Å². The van der Waals surface area contributed by atoms with Gasteiger partial charge in [-0.2, -0.15) is 13.2 Å². The van der Waals surface area contributed by atoms with Gasteiger partial charge in [0.15, 0.2) is 0 Å². The molecule has 1 unspecified atom stereocenters. The molecule has 1 heterocycles. The number of benzene rings is 3. The first-order valence-corrected chi connectivity index (χ1v) is 11.8. The van der Waals surface area contributed by atoms with Crippen molar-refractivity contribution in [1.29, 1.82) is 0 Å². The summed E-state index contributed by atoms with van der Waals surface area (Å²) in [6, 6.07) is 16.1. The van der Waals surface area contributed by atoms with Crippen LogP contribution in [0.15, 0.2) is 71.2 Å². The summed E-state index contributed by atoms with van der Waals surface area (Å²) in [5.74, 6) is -1.73. The molecule has 36 heavy (non-hydrogen) atoms. The van der Waals surface area contributed by atoms with Crippen molar-refractivity contribution in [2.45, 2.75) is 19.5 Å². The first-order chi connectivity index (χ1) is 17.0. The number of amides is 3. The van der Waals surface area contributed by atoms with Crippen molar-refractivity contribution in [2.75, 3.05) is 22.1 Å². The van der Waals surface area contributed by atoms with Gasteiger partial charge in [-0.05, 0) is 67.1 Å². The Morgan fingerprint density at radius 2 is 1.72 bits per heavy atom. The molecule has 0 saturated carbocycles. The highest BCUT2D eigenvalue weighted by Gasteiger charge is 2.35. The highest BCUT2D eigenvalue weighted by molar-refractivity contribution is 9.10. The van der Waals surface area contributed by atoms with Crippen molar-refractivity contribution in [2.24, 2.45) is 5.92 Å². The molecule has 1 aliphatic heterocycles. The van der Waals surface area contributed by atoms with Crippen LogP contribution in [0.5, 0.6) is 0 Å². The number of aryl methyl sites for hydroxylation is 1. The van der Waals surface area contributed by atoms with Crippen LogP contribution in [0.1, 0.15) is 27.9 Å². The van der Waals surface area contributed by atoms with Crippen molar-refractivity contribution >= 4 is 50.7 Å². The van der Waals surface area contributed by atoms with Gasteiger partial charge in [0.1, 0.15) is 0 Å². The zero-order valence-corrected chi connectivity index (χ0v) is 20.6. The van der Waals surface area contributed by atoms with Crippen LogP contribution in [0.3, 0.4) is 0 Å². The van der Waals surface area contributed by atoms with Gasteiger partial charge in [0.2, 0.25) is 11.8 Å². The summed E-state index contributed by atoms with van der Waals surface area (Å²) >= 11 is 3.35. The Kier molecular flexibility index (Phi) is 7.16. The van der Waals surface area contributed by atoms with E-state index in [9.17, 15) is 27.6 Å². The van der Waals surface area contributed by atoms with Crippen LogP contribution >= 0.6 is 15.9 Å². The lowest BCUT2D eigenvalue weighted by Crippen LogP contribution is -2.28. The Balaban J connectivity index is 1.45. The SMILES string of the molecule is Cc1ccc(C(=O)Nc2cccc(C(F)(F)F)c2)cc1NC(=O)C1CC(=O)N(c2ccc(Br)cc2)C1. The molecule has 0 aromatic heterocycles. The van der Waals surface area contributed by atoms with Gasteiger partial charge in [-0.15, -0.1) is 0 Å². The van der Waals surface area contributed by atoms with Crippen LogP contribution in [-0.2, 0) is 15.8 Å². The maximum absolute atomic E-state index is 13.0. The third-order valence-electron chi connectivity index (χ3n) is 5.84. The summed E-state index contributed by atoms with van der Waals surface area (Å²) in [5, 5.41) is 5.24. The number of nitrogens with zero attached hydrogens (tertiary/aromatic N) is 1. The molecule has 3 amide bonds. The van der Waals surface area contributed by atoms with Gasteiger partial charge in [0.05, 0.1) is 11.5 Å². The lowest BCUT2D eigenvalue weighted by Gasteiger charge is -2.17. The van der Waals surface area contributed by atoms with E-state index in [4.69, 9.17) is 0 Å². The molecule has 186 valence electrons. The minimum Gasteiger partial charge on any atom is -0.326 e. The van der Waals surface area contributed by atoms with E-state index in [0.717, 1.165) is 16.6 Å². The number of anilines is 3. The number of rotatable bonds is 5. The molecule has 2 N–H and O–H groups in total. The molecule has 6 nitrogen and oxygen atoms in total. The monoisotopic (exact) mass is 559 g/mol. The van der Waals surface area contributed by atoms with E-state index in [0.29, 0.717) is 16.9 Å². The van der Waals surface area contributed by atoms with E-state index < -0.39 is 23.6 Å². The third kappa shape index (κ3) is 5.76. The van der Waals surface area contributed by atoms with Crippen molar-refractivity contribution in [3.8, 4) is 0 Å². The molecule has 3 aromatic carbocycles. The van der Waals surface area contributed by atoms with Crippen molar-refractivity contribution in [1.82, 2.24) is 0 Å². The fraction of sp³-hybridized carbons (Fsp3) is 0.192. The highest BCUT2D eigenvalue weighted by atomic mass is 79.9. The average molecular weight is 560 g/mol. The summed E-state index contributed by atoms with van der Waals surface area (Å²) in [4.78, 5) is 39.7. The summed E-state index contributed by atoms with van der Waals surface area (Å²) < 4.78 is 39.7. The van der Waals surface area contributed by atoms with Crippen molar-refractivity contribution < 1.29 is 27.6 Å². The van der Waals surface area contributed by atoms with Crippen LogP contribution in [0.2, 0.25) is 0 Å². The minimum absolute atomic E-state index is 0.00140. The molecule has 10 heteroatoms. The fourth-order valence-corrected chi connectivity index (χ4v) is 4.13. The van der Waals surface area contributed by atoms with E-state index in [1.807, 2.05) is 12.1 Å². The molecule has 1 saturated heterocycles. The van der Waals surface area contributed by atoms with E-state index in [2.05, 4.69) is 26.6 Å². The van der Waals surface area contributed by atoms with Gasteiger partial charge < -0.3 is 15.5 Å². The molecule has 4 rings (SSSR count). The number of halogens is 4. The maximum Gasteiger partial charge on any atom is 0.416 e. The first kappa shape index (κ1) is 25.4. The number of hydrogen-bond donors (Lipinski definition) is 2. The highest BCUT2D eigenvalue weighted by Crippen LogP contribution is 2.31. The second-order valence-electron chi connectivity index (χ2n) is 8.43. The lowest BCUT2D eigenvalue weighted by atomic mass is 10.1. The van der Waals surface area contributed by atoms with E-state index >= 15 is 0 Å². The van der Waals surface area contributed by atoms with Crippen molar-refractivity contribution in [3.05, 3.63) is 87.9 Å². The number of hydrogen-bond acceptors (Lipinski definition) is 3. The number of nitrogens with one attached hydrogen (secondary N) is 2. The van der Waals surface area contributed by atoms with Gasteiger partial charge in [-0.1, -0.05) is 28.1 Å². The molecule has 0 radical (unpaired) electrons. The maximum atomic E-state index is 13.0. The minimum atomic E-state index is -4.53. The van der Waals surface area contributed by atoms with Gasteiger partial charge in [0.25, 0.3) is 5.91 Å². The number of carbonyl (C=O) groups is 3. The molecule has 1 atom stereocenters. The Morgan fingerprint density at radius 3 is 2.42 bits per heavy atom. The van der Waals surface area contributed by atoms with Gasteiger partial charge >= 0.3 is 6.18 Å². The molecule has 0 aliphatic carbocycles. The second kappa shape index (κ2) is 10.1. The molecule has 1 fully saturated rings. The molecule has 0 bridgehead atoms. The Bertz CT molecular complexity index is 1330. The zero-order chi connectivity index (χ0) is 26.0. The predicted molar refractivity (Wildman–Crippen MR) is 134 cm³/mol. The average Bonchev–Trinajstić information content (AvgIpc) is 3.22. The number of alkyl halides is 3. The lowest BCUT2D eigenvalue weighted by molar-refractivity contribution is -0.137. The molecule has 0 spiro atoms. The quantitative estimate of drug-likeness (QED) is 0.401. The Hall–Kier alpha value is -3.66. The fourth-order valence-electron chi connectivity index (χ4n) is 3.86. The largest absolute Gasteiger partial charge is 0.416 e. The first-order valence-electron chi connectivity index (χ1n) is 11.0.